The topological polar surface area (TPSA) is 135 Å². The molecule has 0 bridgehead atoms. The molecule has 1 aliphatic rings. The van der Waals surface area contributed by atoms with E-state index in [2.05, 4.69) is 4.90 Å². The number of morpholine rings is 1. The molecule has 1 saturated heterocycles. The van der Waals surface area contributed by atoms with Crippen LogP contribution in [-0.2, 0) is 38.5 Å². The Bertz CT molecular complexity index is 1600. The average molecular weight is 601 g/mol. The van der Waals surface area contributed by atoms with Crippen molar-refractivity contribution in [3.05, 3.63) is 94.8 Å². The zero-order chi connectivity index (χ0) is 30.9. The Morgan fingerprint density at radius 2 is 1.68 bits per heavy atom. The molecule has 1 fully saturated rings. The van der Waals surface area contributed by atoms with Crippen LogP contribution in [0.4, 0.5) is 0 Å². The Hall–Kier alpha value is -4.74. The molecule has 4 aromatic rings. The van der Waals surface area contributed by atoms with Crippen molar-refractivity contribution in [1.29, 1.82) is 0 Å². The van der Waals surface area contributed by atoms with E-state index in [4.69, 9.17) is 29.8 Å². The van der Waals surface area contributed by atoms with Crippen LogP contribution in [0.25, 0.3) is 5.52 Å². The number of hydrogen-bond donors (Lipinski definition) is 1. The van der Waals surface area contributed by atoms with Crippen molar-refractivity contribution >= 4 is 23.2 Å². The lowest BCUT2D eigenvalue weighted by Crippen LogP contribution is -2.38. The van der Waals surface area contributed by atoms with Gasteiger partial charge in [-0.05, 0) is 29.7 Å². The van der Waals surface area contributed by atoms with Crippen molar-refractivity contribution < 1.29 is 33.3 Å². The smallest absolute Gasteiger partial charge is 0.344 e. The predicted molar refractivity (Wildman–Crippen MR) is 162 cm³/mol. The zero-order valence-electron chi connectivity index (χ0n) is 24.7. The fourth-order valence-electron chi connectivity index (χ4n) is 5.24. The zero-order valence-corrected chi connectivity index (χ0v) is 24.7. The summed E-state index contributed by atoms with van der Waals surface area (Å²) < 4.78 is 24.4. The van der Waals surface area contributed by atoms with Crippen LogP contribution >= 0.6 is 0 Å². The summed E-state index contributed by atoms with van der Waals surface area (Å²) in [5.74, 6) is -1.67. The van der Waals surface area contributed by atoms with Crippen LogP contribution in [0, 0.1) is 0 Å². The first-order chi connectivity index (χ1) is 21.4. The maximum Gasteiger partial charge on any atom is 0.344 e. The monoisotopic (exact) mass is 600 g/mol. The Kier molecular flexibility index (Phi) is 10.2. The normalized spacial score (nSPS) is 13.5. The minimum Gasteiger partial charge on any atom is -0.487 e. The number of Topliss-reactive ketones (excluding diaryl/α,β-unsaturated/α-hetero) is 1. The third-order valence-corrected chi connectivity index (χ3v) is 7.38. The third-order valence-electron chi connectivity index (χ3n) is 7.38. The third kappa shape index (κ3) is 7.42. The highest BCUT2D eigenvalue weighted by Crippen LogP contribution is 2.33. The number of amides is 1. The Balaban J connectivity index is 1.50. The molecule has 230 valence electrons. The van der Waals surface area contributed by atoms with Crippen LogP contribution in [0.5, 0.6) is 11.5 Å². The maximum absolute atomic E-state index is 13.3. The van der Waals surface area contributed by atoms with Crippen molar-refractivity contribution in [2.45, 2.75) is 26.4 Å². The number of esters is 1. The molecule has 0 aliphatic carbocycles. The van der Waals surface area contributed by atoms with Crippen molar-refractivity contribution in [2.75, 3.05) is 46.1 Å². The molecule has 11 heteroatoms. The highest BCUT2D eigenvalue weighted by atomic mass is 16.6. The summed E-state index contributed by atoms with van der Waals surface area (Å²) in [5, 5.41) is 4.82. The van der Waals surface area contributed by atoms with Gasteiger partial charge in [-0.15, -0.1) is 0 Å². The Morgan fingerprint density at radius 1 is 0.977 bits per heavy atom. The Labute approximate surface area is 255 Å². The number of ether oxygens (including phenoxy) is 4. The molecule has 0 radical (unpaired) electrons. The van der Waals surface area contributed by atoms with E-state index in [0.717, 1.165) is 18.7 Å². The number of ketones is 1. The van der Waals surface area contributed by atoms with E-state index in [-0.39, 0.29) is 30.0 Å². The number of aromatic nitrogens is 2. The van der Waals surface area contributed by atoms with Crippen LogP contribution in [0.2, 0.25) is 0 Å². The molecular weight excluding hydrogens is 564 g/mol. The summed E-state index contributed by atoms with van der Waals surface area (Å²) >= 11 is 0. The molecule has 0 spiro atoms. The lowest BCUT2D eigenvalue weighted by Gasteiger charge is -2.26. The van der Waals surface area contributed by atoms with E-state index in [1.807, 2.05) is 67.6 Å². The fraction of sp³-hybridized carbons (Fsp3) is 0.333. The van der Waals surface area contributed by atoms with Crippen LogP contribution in [0.15, 0.2) is 66.7 Å². The molecule has 0 atom stereocenters. The van der Waals surface area contributed by atoms with E-state index in [1.54, 1.807) is 10.6 Å². The number of fused-ring (bicyclic) bond motifs is 1. The standard InChI is InChI=1S/C33H36N4O7/c1-2-26-27(19-23-9-5-3-6-10-23)37-31(30(26)32(39)33(34)40)28(20-24(35-37)21-43-25-11-7-4-8-12-25)44-22-29(38)42-18-15-36-13-16-41-17-14-36/h3-12,20H,2,13-19,21-22H2,1H3,(H2,34,40). The largest absolute Gasteiger partial charge is 0.487 e. The molecule has 1 aliphatic heterocycles. The molecule has 5 rings (SSSR count). The average Bonchev–Trinajstić information content (AvgIpc) is 3.36. The number of nitrogens with two attached hydrogens (primary N) is 1. The fourth-order valence-corrected chi connectivity index (χ4v) is 5.24. The summed E-state index contributed by atoms with van der Waals surface area (Å²) in [4.78, 5) is 40.4. The van der Waals surface area contributed by atoms with Crippen LogP contribution < -0.4 is 15.2 Å². The summed E-state index contributed by atoms with van der Waals surface area (Å²) in [6, 6.07) is 20.6. The van der Waals surface area contributed by atoms with Crippen molar-refractivity contribution in [3.63, 3.8) is 0 Å². The van der Waals surface area contributed by atoms with Gasteiger partial charge in [0.2, 0.25) is 0 Å². The molecule has 44 heavy (non-hydrogen) atoms. The van der Waals surface area contributed by atoms with Crippen molar-refractivity contribution in [2.24, 2.45) is 5.73 Å². The first-order valence-electron chi connectivity index (χ1n) is 14.6. The molecule has 0 saturated carbocycles. The van der Waals surface area contributed by atoms with Gasteiger partial charge < -0.3 is 24.7 Å². The minimum absolute atomic E-state index is 0.0871. The minimum atomic E-state index is -1.09. The van der Waals surface area contributed by atoms with Crippen LogP contribution in [0.1, 0.15) is 39.8 Å². The number of nitrogens with zero attached hydrogens (tertiary/aromatic N) is 3. The first-order valence-corrected chi connectivity index (χ1v) is 14.6. The van der Waals surface area contributed by atoms with Gasteiger partial charge in [0.25, 0.3) is 11.7 Å². The summed E-state index contributed by atoms with van der Waals surface area (Å²) in [7, 11) is 0. The lowest BCUT2D eigenvalue weighted by atomic mass is 9.99. The molecule has 2 aromatic carbocycles. The van der Waals surface area contributed by atoms with E-state index in [9.17, 15) is 14.4 Å². The molecule has 11 nitrogen and oxygen atoms in total. The number of rotatable bonds is 14. The van der Waals surface area contributed by atoms with Crippen LogP contribution in [0.3, 0.4) is 0 Å². The van der Waals surface area contributed by atoms with Gasteiger partial charge in [-0.25, -0.2) is 9.31 Å². The second-order valence-corrected chi connectivity index (χ2v) is 10.3. The number of hydrogen-bond acceptors (Lipinski definition) is 9. The predicted octanol–water partition coefficient (Wildman–Crippen LogP) is 2.99. The second-order valence-electron chi connectivity index (χ2n) is 10.3. The van der Waals surface area contributed by atoms with E-state index in [1.165, 1.54) is 0 Å². The van der Waals surface area contributed by atoms with Gasteiger partial charge in [-0.2, -0.15) is 5.10 Å². The quantitative estimate of drug-likeness (QED) is 0.132. The second kappa shape index (κ2) is 14.6. The molecule has 2 N–H and O–H groups in total. The summed E-state index contributed by atoms with van der Waals surface area (Å²) in [5.41, 5.74) is 8.70. The van der Waals surface area contributed by atoms with E-state index < -0.39 is 24.3 Å². The van der Waals surface area contributed by atoms with Gasteiger partial charge in [0.15, 0.2) is 6.61 Å². The number of para-hydroxylation sites is 1. The highest BCUT2D eigenvalue weighted by Gasteiger charge is 2.29. The Morgan fingerprint density at radius 3 is 2.36 bits per heavy atom. The maximum atomic E-state index is 13.3. The summed E-state index contributed by atoms with van der Waals surface area (Å²) in [6.07, 6.45) is 0.856. The van der Waals surface area contributed by atoms with Gasteiger partial charge in [-0.1, -0.05) is 55.5 Å². The SMILES string of the molecule is CCc1c(C(=O)C(N)=O)c2c(OCC(=O)OCCN3CCOCC3)cc(COc3ccccc3)nn2c1Cc1ccccc1. The molecule has 1 amide bonds. The van der Waals surface area contributed by atoms with Crippen molar-refractivity contribution in [1.82, 2.24) is 14.5 Å². The van der Waals surface area contributed by atoms with Gasteiger partial charge in [-0.3, -0.25) is 14.5 Å². The van der Waals surface area contributed by atoms with Gasteiger partial charge in [0, 0.05) is 32.1 Å². The van der Waals surface area contributed by atoms with E-state index in [0.29, 0.717) is 55.3 Å². The molecular formula is C33H36N4O7. The van der Waals surface area contributed by atoms with Gasteiger partial charge in [0.1, 0.15) is 35.9 Å². The van der Waals surface area contributed by atoms with Crippen LogP contribution in [-0.4, -0.2) is 78.2 Å². The number of carbonyl (C=O) groups excluding carboxylic acids is 3. The molecule has 2 aromatic heterocycles. The summed E-state index contributed by atoms with van der Waals surface area (Å²) in [6.45, 7) is 5.25. The first kappa shape index (κ1) is 30.7. The van der Waals surface area contributed by atoms with Crippen molar-refractivity contribution in [3.8, 4) is 11.5 Å². The lowest BCUT2D eigenvalue weighted by molar-refractivity contribution is -0.146. The van der Waals surface area contributed by atoms with Gasteiger partial charge >= 0.3 is 5.97 Å². The number of carbonyl (C=O) groups is 3. The van der Waals surface area contributed by atoms with E-state index >= 15 is 0 Å². The molecule has 3 heterocycles. The van der Waals surface area contributed by atoms with Gasteiger partial charge in [0.05, 0.1) is 24.5 Å². The number of benzene rings is 2. The molecule has 0 unspecified atom stereocenters. The number of primary amides is 1. The highest BCUT2D eigenvalue weighted by molar-refractivity contribution is 6.44.